The van der Waals surface area contributed by atoms with Crippen molar-refractivity contribution < 1.29 is 23.8 Å². The van der Waals surface area contributed by atoms with E-state index in [9.17, 15) is 9.59 Å². The number of aryl methyl sites for hydroxylation is 2. The fraction of sp³-hybridized carbons (Fsp3) is 0.348. The van der Waals surface area contributed by atoms with Crippen molar-refractivity contribution in [2.45, 2.75) is 39.2 Å². The van der Waals surface area contributed by atoms with Crippen molar-refractivity contribution in [2.75, 3.05) is 13.4 Å². The molecule has 0 radical (unpaired) electrons. The maximum absolute atomic E-state index is 13.0. The molecule has 0 bridgehead atoms. The van der Waals surface area contributed by atoms with Gasteiger partial charge in [-0.25, -0.2) is 0 Å². The number of carbonyl (C=O) groups excluding carboxylic acids is 2. The Morgan fingerprint density at radius 1 is 1.10 bits per heavy atom. The Hall–Kier alpha value is -3.13. The van der Waals surface area contributed by atoms with Gasteiger partial charge in [-0.2, -0.15) is 4.99 Å². The lowest BCUT2D eigenvalue weighted by molar-refractivity contribution is -0.143. The number of carbonyl (C=O) groups is 2. The normalized spacial score (nSPS) is 15.2. The predicted octanol–water partition coefficient (Wildman–Crippen LogP) is 3.61. The van der Waals surface area contributed by atoms with Crippen LogP contribution in [0.3, 0.4) is 0 Å². The Morgan fingerprint density at radius 3 is 2.68 bits per heavy atom. The zero-order valence-electron chi connectivity index (χ0n) is 17.2. The molecule has 1 amide bonds. The van der Waals surface area contributed by atoms with Crippen molar-refractivity contribution in [2.24, 2.45) is 4.99 Å². The number of rotatable bonds is 4. The van der Waals surface area contributed by atoms with Crippen LogP contribution in [0.5, 0.6) is 11.5 Å². The van der Waals surface area contributed by atoms with Crippen LogP contribution in [0.1, 0.15) is 41.3 Å². The molecule has 1 aliphatic carbocycles. The highest BCUT2D eigenvalue weighted by molar-refractivity contribution is 7.16. The highest BCUT2D eigenvalue weighted by Crippen LogP contribution is 2.37. The molecule has 0 unspecified atom stereocenters. The Balaban J connectivity index is 1.58. The summed E-state index contributed by atoms with van der Waals surface area (Å²) < 4.78 is 18.6. The Labute approximate surface area is 182 Å². The van der Waals surface area contributed by atoms with Gasteiger partial charge >= 0.3 is 5.97 Å². The second-order valence-electron chi connectivity index (χ2n) is 7.56. The number of amides is 1. The summed E-state index contributed by atoms with van der Waals surface area (Å²) in [5.74, 6) is 0.542. The van der Waals surface area contributed by atoms with E-state index in [-0.39, 0.29) is 31.8 Å². The van der Waals surface area contributed by atoms with Crippen molar-refractivity contribution in [1.29, 1.82) is 0 Å². The number of nitrogens with zero attached hydrogens (tertiary/aromatic N) is 2. The number of esters is 1. The molecule has 0 saturated heterocycles. The van der Waals surface area contributed by atoms with Crippen LogP contribution in [0, 0.1) is 0 Å². The first-order valence-corrected chi connectivity index (χ1v) is 11.2. The third-order valence-electron chi connectivity index (χ3n) is 5.56. The lowest BCUT2D eigenvalue weighted by atomic mass is 9.90. The average molecular weight is 439 g/mol. The fourth-order valence-corrected chi connectivity index (χ4v) is 5.09. The number of ether oxygens (including phenoxy) is 3. The summed E-state index contributed by atoms with van der Waals surface area (Å²) in [4.78, 5) is 30.1. The Kier molecular flexibility index (Phi) is 5.23. The van der Waals surface area contributed by atoms with Gasteiger partial charge in [-0.1, -0.05) is 17.4 Å². The first kappa shape index (κ1) is 19.8. The van der Waals surface area contributed by atoms with E-state index in [1.54, 1.807) is 11.5 Å². The van der Waals surface area contributed by atoms with E-state index in [4.69, 9.17) is 14.2 Å². The smallest absolute Gasteiger partial charge is 0.326 e. The van der Waals surface area contributed by atoms with Crippen LogP contribution in [-0.2, 0) is 28.9 Å². The highest BCUT2D eigenvalue weighted by atomic mass is 32.1. The number of aromatic nitrogens is 1. The second kappa shape index (κ2) is 8.19. The quantitative estimate of drug-likeness (QED) is 0.582. The lowest BCUT2D eigenvalue weighted by Gasteiger charge is -2.15. The van der Waals surface area contributed by atoms with E-state index in [1.165, 1.54) is 28.9 Å². The minimum atomic E-state index is -0.387. The van der Waals surface area contributed by atoms with Gasteiger partial charge in [0.1, 0.15) is 6.54 Å². The van der Waals surface area contributed by atoms with Crippen molar-refractivity contribution in [3.8, 4) is 11.5 Å². The van der Waals surface area contributed by atoms with Gasteiger partial charge < -0.3 is 18.8 Å². The molecule has 0 saturated carbocycles. The van der Waals surface area contributed by atoms with E-state index in [0.717, 1.165) is 29.5 Å². The molecule has 160 valence electrons. The summed E-state index contributed by atoms with van der Waals surface area (Å²) in [7, 11) is 0. The van der Waals surface area contributed by atoms with Crippen molar-refractivity contribution in [3.63, 3.8) is 0 Å². The fourth-order valence-electron chi connectivity index (χ4n) is 4.05. The number of hydrogen-bond acceptors (Lipinski definition) is 6. The van der Waals surface area contributed by atoms with Gasteiger partial charge in [-0.3, -0.25) is 9.59 Å². The third-order valence-corrected chi connectivity index (χ3v) is 6.60. The number of fused-ring (bicyclic) bond motifs is 3. The van der Waals surface area contributed by atoms with Gasteiger partial charge in [0, 0.05) is 17.7 Å². The summed E-state index contributed by atoms with van der Waals surface area (Å²) in [6, 6.07) is 9.50. The molecule has 1 aliphatic heterocycles. The van der Waals surface area contributed by atoms with Crippen LogP contribution in [0.25, 0.3) is 10.2 Å². The van der Waals surface area contributed by atoms with Gasteiger partial charge in [-0.05, 0) is 55.9 Å². The predicted molar refractivity (Wildman–Crippen MR) is 116 cm³/mol. The van der Waals surface area contributed by atoms with Crippen molar-refractivity contribution in [3.05, 3.63) is 51.8 Å². The first-order valence-electron chi connectivity index (χ1n) is 10.4. The minimum absolute atomic E-state index is 0.0379. The van der Waals surface area contributed by atoms with Crippen molar-refractivity contribution in [1.82, 2.24) is 4.57 Å². The highest BCUT2D eigenvalue weighted by Gasteiger charge is 2.20. The maximum atomic E-state index is 13.0. The summed E-state index contributed by atoms with van der Waals surface area (Å²) in [6.45, 7) is 2.17. The average Bonchev–Trinajstić information content (AvgIpc) is 3.36. The van der Waals surface area contributed by atoms with E-state index < -0.39 is 0 Å². The summed E-state index contributed by atoms with van der Waals surface area (Å²) in [5.41, 5.74) is 3.86. The van der Waals surface area contributed by atoms with Crippen LogP contribution >= 0.6 is 11.3 Å². The molecule has 0 atom stereocenters. The molecule has 0 spiro atoms. The molecule has 1 aromatic heterocycles. The molecule has 5 rings (SSSR count). The number of thiazole rings is 1. The van der Waals surface area contributed by atoms with Crippen LogP contribution in [0.15, 0.2) is 35.3 Å². The lowest BCUT2D eigenvalue weighted by Crippen LogP contribution is -2.23. The molecular formula is C23H22N2O5S. The zero-order valence-corrected chi connectivity index (χ0v) is 18.0. The largest absolute Gasteiger partial charge is 0.465 e. The van der Waals surface area contributed by atoms with Gasteiger partial charge in [0.05, 0.1) is 16.8 Å². The summed E-state index contributed by atoms with van der Waals surface area (Å²) in [5, 5.41) is 0. The van der Waals surface area contributed by atoms with E-state index in [2.05, 4.69) is 4.99 Å². The second-order valence-corrected chi connectivity index (χ2v) is 8.57. The Bertz CT molecular complexity index is 1260. The Morgan fingerprint density at radius 2 is 1.87 bits per heavy atom. The standard InChI is InChI=1S/C23H22N2O5S/c1-2-28-21(26)12-25-17-10-18-19(30-13-29-18)11-20(17)31-23(25)24-22(27)16-8-7-14-5-3-4-6-15(14)9-16/h7-11H,2-6,12-13H2,1H3. The molecule has 3 aromatic rings. The van der Waals surface area contributed by atoms with Crippen LogP contribution in [0.2, 0.25) is 0 Å². The molecular weight excluding hydrogens is 416 g/mol. The van der Waals surface area contributed by atoms with Crippen LogP contribution in [0.4, 0.5) is 0 Å². The molecule has 7 nitrogen and oxygen atoms in total. The topological polar surface area (TPSA) is 79.1 Å². The maximum Gasteiger partial charge on any atom is 0.326 e. The monoisotopic (exact) mass is 438 g/mol. The molecule has 31 heavy (non-hydrogen) atoms. The molecule has 0 fully saturated rings. The summed E-state index contributed by atoms with van der Waals surface area (Å²) in [6.07, 6.45) is 4.39. The molecule has 8 heteroatoms. The molecule has 2 heterocycles. The minimum Gasteiger partial charge on any atom is -0.465 e. The first-order chi connectivity index (χ1) is 15.1. The van der Waals surface area contributed by atoms with E-state index in [1.807, 2.05) is 30.3 Å². The molecule has 0 N–H and O–H groups in total. The van der Waals surface area contributed by atoms with Gasteiger partial charge in [0.25, 0.3) is 5.91 Å². The van der Waals surface area contributed by atoms with E-state index >= 15 is 0 Å². The molecule has 2 aromatic carbocycles. The van der Waals surface area contributed by atoms with Gasteiger partial charge in [0.2, 0.25) is 6.79 Å². The van der Waals surface area contributed by atoms with Gasteiger partial charge in [0.15, 0.2) is 16.3 Å². The zero-order chi connectivity index (χ0) is 21.4. The number of benzene rings is 2. The van der Waals surface area contributed by atoms with Crippen LogP contribution < -0.4 is 14.3 Å². The SMILES string of the molecule is CCOC(=O)Cn1c(=NC(=O)c2ccc3c(c2)CCCC3)sc2cc3c(cc21)OCO3. The summed E-state index contributed by atoms with van der Waals surface area (Å²) >= 11 is 1.33. The third kappa shape index (κ3) is 3.83. The van der Waals surface area contributed by atoms with Crippen LogP contribution in [-0.4, -0.2) is 29.8 Å². The number of hydrogen-bond donors (Lipinski definition) is 0. The van der Waals surface area contributed by atoms with Crippen molar-refractivity contribution >= 4 is 33.4 Å². The van der Waals surface area contributed by atoms with E-state index in [0.29, 0.717) is 21.9 Å². The van der Waals surface area contributed by atoms with Gasteiger partial charge in [-0.15, -0.1) is 0 Å². The molecule has 2 aliphatic rings.